The predicted octanol–water partition coefficient (Wildman–Crippen LogP) is 3.22. The molecule has 1 saturated carbocycles. The Bertz CT molecular complexity index is 293. The number of carboxylic acid groups (broad SMARTS) is 1. The maximum Gasteiger partial charge on any atom is 0.309 e. The molecule has 1 atom stereocenters. The molecule has 0 aromatic carbocycles. The number of aliphatic hydroxyl groups excluding tert-OH is 1. The van der Waals surface area contributed by atoms with Gasteiger partial charge in [-0.25, -0.2) is 0 Å². The van der Waals surface area contributed by atoms with Crippen molar-refractivity contribution in [2.24, 2.45) is 11.3 Å². The van der Waals surface area contributed by atoms with E-state index in [0.717, 1.165) is 19.3 Å². The number of aliphatic hydroxyl groups is 1. The van der Waals surface area contributed by atoms with Gasteiger partial charge in [-0.2, -0.15) is 0 Å². The smallest absolute Gasteiger partial charge is 0.309 e. The molecule has 0 radical (unpaired) electrons. The average Bonchev–Trinajstić information content (AvgIpc) is 2.39. The second kappa shape index (κ2) is 7.99. The van der Waals surface area contributed by atoms with Gasteiger partial charge in [-0.3, -0.25) is 4.79 Å². The summed E-state index contributed by atoms with van der Waals surface area (Å²) >= 11 is 0. The molecule has 118 valence electrons. The van der Waals surface area contributed by atoms with E-state index >= 15 is 0 Å². The minimum absolute atomic E-state index is 0.0609. The first kappa shape index (κ1) is 17.4. The molecule has 0 saturated heterocycles. The van der Waals surface area contributed by atoms with E-state index in [1.807, 2.05) is 13.8 Å². The van der Waals surface area contributed by atoms with Crippen LogP contribution in [0.2, 0.25) is 0 Å². The quantitative estimate of drug-likeness (QED) is 0.719. The molecule has 2 N–H and O–H groups in total. The van der Waals surface area contributed by atoms with E-state index in [9.17, 15) is 15.0 Å². The van der Waals surface area contributed by atoms with Gasteiger partial charge >= 0.3 is 5.97 Å². The third-order valence-corrected chi connectivity index (χ3v) is 4.46. The van der Waals surface area contributed by atoms with E-state index in [1.54, 1.807) is 0 Å². The van der Waals surface area contributed by atoms with Crippen molar-refractivity contribution in [1.82, 2.24) is 0 Å². The summed E-state index contributed by atoms with van der Waals surface area (Å²) in [7, 11) is 0. The summed E-state index contributed by atoms with van der Waals surface area (Å²) in [6.45, 7) is 6.22. The lowest BCUT2D eigenvalue weighted by Gasteiger charge is -2.38. The summed E-state index contributed by atoms with van der Waals surface area (Å²) in [6.07, 6.45) is 5.35. The molecule has 4 nitrogen and oxygen atoms in total. The van der Waals surface area contributed by atoms with Crippen LogP contribution in [-0.4, -0.2) is 35.0 Å². The zero-order valence-electron chi connectivity index (χ0n) is 13.1. The summed E-state index contributed by atoms with van der Waals surface area (Å²) in [4.78, 5) is 11.7. The second-order valence-corrected chi connectivity index (χ2v) is 6.56. The van der Waals surface area contributed by atoms with Crippen molar-refractivity contribution in [2.45, 2.75) is 77.9 Å². The highest BCUT2D eigenvalue weighted by Crippen LogP contribution is 2.44. The maximum atomic E-state index is 11.7. The summed E-state index contributed by atoms with van der Waals surface area (Å²) in [6, 6.07) is 0. The SMILES string of the molecule is CCCC1CCC(CC(O)COC(C)C)(C(=O)O)CC1. The number of rotatable bonds is 8. The number of hydrogen-bond acceptors (Lipinski definition) is 3. The number of carbonyl (C=O) groups is 1. The molecule has 0 heterocycles. The van der Waals surface area contributed by atoms with E-state index in [-0.39, 0.29) is 12.7 Å². The van der Waals surface area contributed by atoms with Crippen LogP contribution in [0.4, 0.5) is 0 Å². The van der Waals surface area contributed by atoms with Gasteiger partial charge in [-0.15, -0.1) is 0 Å². The van der Waals surface area contributed by atoms with E-state index < -0.39 is 17.5 Å². The lowest BCUT2D eigenvalue weighted by atomic mass is 9.67. The first-order valence-electron chi connectivity index (χ1n) is 7.92. The summed E-state index contributed by atoms with van der Waals surface area (Å²) in [5, 5.41) is 19.6. The van der Waals surface area contributed by atoms with Crippen LogP contribution in [0.15, 0.2) is 0 Å². The molecule has 1 aliphatic carbocycles. The van der Waals surface area contributed by atoms with Crippen molar-refractivity contribution >= 4 is 5.97 Å². The fourth-order valence-corrected chi connectivity index (χ4v) is 3.25. The minimum Gasteiger partial charge on any atom is -0.481 e. The van der Waals surface area contributed by atoms with E-state index in [4.69, 9.17) is 4.74 Å². The molecule has 0 aliphatic heterocycles. The fraction of sp³-hybridized carbons (Fsp3) is 0.938. The molecule has 0 bridgehead atoms. The van der Waals surface area contributed by atoms with Crippen LogP contribution in [0.25, 0.3) is 0 Å². The Morgan fingerprint density at radius 3 is 2.40 bits per heavy atom. The number of carboxylic acids is 1. The molecule has 0 aromatic heterocycles. The van der Waals surface area contributed by atoms with Gasteiger partial charge in [0.05, 0.1) is 24.2 Å². The average molecular weight is 286 g/mol. The van der Waals surface area contributed by atoms with Crippen LogP contribution in [-0.2, 0) is 9.53 Å². The van der Waals surface area contributed by atoms with E-state index in [0.29, 0.717) is 25.2 Å². The van der Waals surface area contributed by atoms with Gasteiger partial charge in [-0.1, -0.05) is 19.8 Å². The molecule has 1 rings (SSSR count). The third-order valence-electron chi connectivity index (χ3n) is 4.46. The van der Waals surface area contributed by atoms with Gasteiger partial charge < -0.3 is 14.9 Å². The highest BCUT2D eigenvalue weighted by molar-refractivity contribution is 5.74. The van der Waals surface area contributed by atoms with Crippen molar-refractivity contribution in [2.75, 3.05) is 6.61 Å². The zero-order valence-corrected chi connectivity index (χ0v) is 13.1. The Labute approximate surface area is 122 Å². The second-order valence-electron chi connectivity index (χ2n) is 6.56. The Hall–Kier alpha value is -0.610. The van der Waals surface area contributed by atoms with Crippen LogP contribution in [0.3, 0.4) is 0 Å². The van der Waals surface area contributed by atoms with Crippen LogP contribution >= 0.6 is 0 Å². The van der Waals surface area contributed by atoms with E-state index in [2.05, 4.69) is 6.92 Å². The molecule has 20 heavy (non-hydrogen) atoms. The lowest BCUT2D eigenvalue weighted by Crippen LogP contribution is -2.39. The Morgan fingerprint density at radius 2 is 1.95 bits per heavy atom. The summed E-state index contributed by atoms with van der Waals surface area (Å²) in [5.74, 6) is -0.0902. The summed E-state index contributed by atoms with van der Waals surface area (Å²) < 4.78 is 5.39. The maximum absolute atomic E-state index is 11.7. The largest absolute Gasteiger partial charge is 0.481 e. The van der Waals surface area contributed by atoms with Gasteiger partial charge in [0.2, 0.25) is 0 Å². The van der Waals surface area contributed by atoms with Gasteiger partial charge in [-0.05, 0) is 51.9 Å². The Balaban J connectivity index is 2.54. The molecule has 1 unspecified atom stereocenters. The topological polar surface area (TPSA) is 66.8 Å². The highest BCUT2D eigenvalue weighted by Gasteiger charge is 2.43. The molecular formula is C16H30O4. The van der Waals surface area contributed by atoms with Gasteiger partial charge in [0.15, 0.2) is 0 Å². The van der Waals surface area contributed by atoms with Crippen LogP contribution in [0, 0.1) is 11.3 Å². The molecule has 1 fully saturated rings. The first-order valence-corrected chi connectivity index (χ1v) is 7.92. The van der Waals surface area contributed by atoms with Crippen LogP contribution in [0.1, 0.15) is 65.7 Å². The number of aliphatic carboxylic acids is 1. The Kier molecular flexibility index (Phi) is 6.96. The highest BCUT2D eigenvalue weighted by atomic mass is 16.5. The monoisotopic (exact) mass is 286 g/mol. The van der Waals surface area contributed by atoms with Crippen molar-refractivity contribution in [1.29, 1.82) is 0 Å². The predicted molar refractivity (Wildman–Crippen MR) is 78.6 cm³/mol. The third kappa shape index (κ3) is 5.06. The lowest BCUT2D eigenvalue weighted by molar-refractivity contribution is -0.155. The molecule has 0 spiro atoms. The van der Waals surface area contributed by atoms with Crippen molar-refractivity contribution in [3.63, 3.8) is 0 Å². The standard InChI is InChI=1S/C16H30O4/c1-4-5-13-6-8-16(9-7-13,15(18)19)10-14(17)11-20-12(2)3/h12-14,17H,4-11H2,1-3H3,(H,18,19). The minimum atomic E-state index is -0.754. The van der Waals surface area contributed by atoms with Crippen molar-refractivity contribution in [3.05, 3.63) is 0 Å². The normalized spacial score (nSPS) is 28.6. The summed E-state index contributed by atoms with van der Waals surface area (Å²) in [5.41, 5.74) is -0.746. The van der Waals surface area contributed by atoms with Crippen LogP contribution in [0.5, 0.6) is 0 Å². The molecule has 1 aliphatic rings. The fourth-order valence-electron chi connectivity index (χ4n) is 3.25. The molecule has 0 aromatic rings. The van der Waals surface area contributed by atoms with Gasteiger partial charge in [0, 0.05) is 0 Å². The Morgan fingerprint density at radius 1 is 1.35 bits per heavy atom. The van der Waals surface area contributed by atoms with Gasteiger partial charge in [0.25, 0.3) is 0 Å². The van der Waals surface area contributed by atoms with Crippen LogP contribution < -0.4 is 0 Å². The van der Waals surface area contributed by atoms with Crippen molar-refractivity contribution < 1.29 is 19.7 Å². The molecular weight excluding hydrogens is 256 g/mol. The zero-order chi connectivity index (χ0) is 15.2. The van der Waals surface area contributed by atoms with Gasteiger partial charge in [0.1, 0.15) is 0 Å². The number of hydrogen-bond donors (Lipinski definition) is 2. The number of ether oxygens (including phenoxy) is 1. The van der Waals surface area contributed by atoms with Crippen molar-refractivity contribution in [3.8, 4) is 0 Å². The van der Waals surface area contributed by atoms with E-state index in [1.165, 1.54) is 6.42 Å². The molecule has 0 amide bonds. The molecule has 4 heteroatoms. The first-order chi connectivity index (χ1) is 9.39.